The highest BCUT2D eigenvalue weighted by Crippen LogP contribution is 2.28. The number of halogens is 2. The van der Waals surface area contributed by atoms with Gasteiger partial charge in [-0.2, -0.15) is 0 Å². The molecule has 1 heterocycles. The van der Waals surface area contributed by atoms with E-state index in [1.54, 1.807) is 0 Å². The van der Waals surface area contributed by atoms with Crippen molar-refractivity contribution >= 4 is 27.5 Å². The van der Waals surface area contributed by atoms with Crippen LogP contribution in [0.5, 0.6) is 5.75 Å². The number of hydrogen-bond donors (Lipinski definition) is 0. The number of ether oxygens (including phenoxy) is 2. The smallest absolute Gasteiger partial charge is 0.139 e. The van der Waals surface area contributed by atoms with E-state index in [4.69, 9.17) is 21.1 Å². The standard InChI is InChI=1S/C13H17BrClNO2/c1-2-16-5-6-17-11(8-16)9-18-13-7-10(14)3-4-12(13)15/h3-4,7,11H,2,5-6,8-9H2,1H3. The number of morpholine rings is 1. The first-order chi connectivity index (χ1) is 8.69. The van der Waals surface area contributed by atoms with Crippen LogP contribution in [0.4, 0.5) is 0 Å². The highest BCUT2D eigenvalue weighted by Gasteiger charge is 2.20. The van der Waals surface area contributed by atoms with Crippen molar-refractivity contribution in [1.82, 2.24) is 4.90 Å². The fourth-order valence-corrected chi connectivity index (χ4v) is 2.45. The molecular weight excluding hydrogens is 318 g/mol. The number of nitrogens with zero attached hydrogens (tertiary/aromatic N) is 1. The molecular formula is C13H17BrClNO2. The second-order valence-electron chi connectivity index (χ2n) is 4.27. The Morgan fingerprint density at radius 2 is 2.39 bits per heavy atom. The molecule has 1 aromatic carbocycles. The van der Waals surface area contributed by atoms with Crippen molar-refractivity contribution in [3.63, 3.8) is 0 Å². The van der Waals surface area contributed by atoms with Crippen LogP contribution in [0.15, 0.2) is 22.7 Å². The highest BCUT2D eigenvalue weighted by atomic mass is 79.9. The van der Waals surface area contributed by atoms with Crippen LogP contribution in [0, 0.1) is 0 Å². The number of likely N-dealkylation sites (N-methyl/N-ethyl adjacent to an activating group) is 1. The largest absolute Gasteiger partial charge is 0.489 e. The molecule has 2 rings (SSSR count). The molecule has 18 heavy (non-hydrogen) atoms. The quantitative estimate of drug-likeness (QED) is 0.844. The Hall–Kier alpha value is -0.290. The van der Waals surface area contributed by atoms with Gasteiger partial charge >= 0.3 is 0 Å². The highest BCUT2D eigenvalue weighted by molar-refractivity contribution is 9.10. The lowest BCUT2D eigenvalue weighted by atomic mass is 10.3. The van der Waals surface area contributed by atoms with Crippen LogP contribution in [0.1, 0.15) is 6.92 Å². The van der Waals surface area contributed by atoms with Crippen LogP contribution in [0.2, 0.25) is 5.02 Å². The van der Waals surface area contributed by atoms with Crippen LogP contribution in [0.3, 0.4) is 0 Å². The SMILES string of the molecule is CCN1CCOC(COc2cc(Br)ccc2Cl)C1. The van der Waals surface area contributed by atoms with Crippen molar-refractivity contribution in [2.45, 2.75) is 13.0 Å². The minimum Gasteiger partial charge on any atom is -0.489 e. The maximum atomic E-state index is 6.07. The van der Waals surface area contributed by atoms with Crippen LogP contribution < -0.4 is 4.74 Å². The van der Waals surface area contributed by atoms with E-state index in [2.05, 4.69) is 27.8 Å². The Kier molecular flexibility index (Phi) is 5.30. The predicted molar refractivity (Wildman–Crippen MR) is 76.5 cm³/mol. The van der Waals surface area contributed by atoms with Crippen LogP contribution in [-0.2, 0) is 4.74 Å². The van der Waals surface area contributed by atoms with Gasteiger partial charge in [-0.1, -0.05) is 34.5 Å². The van der Waals surface area contributed by atoms with Crippen LogP contribution in [-0.4, -0.2) is 43.9 Å². The van der Waals surface area contributed by atoms with Crippen LogP contribution >= 0.6 is 27.5 Å². The van der Waals surface area contributed by atoms with Gasteiger partial charge in [-0.15, -0.1) is 0 Å². The Bertz CT molecular complexity index is 403. The van der Waals surface area contributed by atoms with Gasteiger partial charge in [0.1, 0.15) is 18.5 Å². The van der Waals surface area contributed by atoms with Crippen molar-refractivity contribution < 1.29 is 9.47 Å². The molecule has 0 bridgehead atoms. The Labute approximate surface area is 121 Å². The molecule has 0 aliphatic carbocycles. The monoisotopic (exact) mass is 333 g/mol. The molecule has 1 saturated heterocycles. The normalized spacial score (nSPS) is 20.9. The second kappa shape index (κ2) is 6.75. The summed E-state index contributed by atoms with van der Waals surface area (Å²) in [6, 6.07) is 5.59. The lowest BCUT2D eigenvalue weighted by molar-refractivity contribution is -0.0463. The fraction of sp³-hybridized carbons (Fsp3) is 0.538. The molecule has 1 aromatic rings. The first-order valence-electron chi connectivity index (χ1n) is 6.11. The summed E-state index contributed by atoms with van der Waals surface area (Å²) in [5.41, 5.74) is 0. The maximum absolute atomic E-state index is 6.07. The topological polar surface area (TPSA) is 21.7 Å². The third-order valence-electron chi connectivity index (χ3n) is 2.99. The summed E-state index contributed by atoms with van der Waals surface area (Å²) in [5, 5.41) is 0.626. The minimum atomic E-state index is 0.119. The molecule has 1 unspecified atom stereocenters. The summed E-state index contributed by atoms with van der Waals surface area (Å²) in [6.07, 6.45) is 0.119. The van der Waals surface area contributed by atoms with Gasteiger partial charge in [-0.3, -0.25) is 4.90 Å². The van der Waals surface area contributed by atoms with E-state index in [0.29, 0.717) is 17.4 Å². The molecule has 100 valence electrons. The van der Waals surface area contributed by atoms with Gasteiger partial charge in [0.2, 0.25) is 0 Å². The maximum Gasteiger partial charge on any atom is 0.139 e. The Balaban J connectivity index is 1.89. The molecule has 1 aliphatic heterocycles. The molecule has 0 spiro atoms. The van der Waals surface area contributed by atoms with Crippen molar-refractivity contribution in [2.75, 3.05) is 32.8 Å². The van der Waals surface area contributed by atoms with Gasteiger partial charge in [0.15, 0.2) is 0 Å². The van der Waals surface area contributed by atoms with E-state index in [1.807, 2.05) is 18.2 Å². The zero-order valence-corrected chi connectivity index (χ0v) is 12.7. The predicted octanol–water partition coefficient (Wildman–Crippen LogP) is 3.20. The number of hydrogen-bond acceptors (Lipinski definition) is 3. The molecule has 0 N–H and O–H groups in total. The van der Waals surface area contributed by atoms with E-state index in [9.17, 15) is 0 Å². The molecule has 1 atom stereocenters. The summed E-state index contributed by atoms with van der Waals surface area (Å²) in [7, 11) is 0. The average Bonchev–Trinajstić information content (AvgIpc) is 2.40. The Morgan fingerprint density at radius 3 is 3.17 bits per heavy atom. The van der Waals surface area contributed by atoms with E-state index in [0.717, 1.165) is 30.7 Å². The van der Waals surface area contributed by atoms with Gasteiger partial charge in [0.05, 0.1) is 11.6 Å². The zero-order valence-electron chi connectivity index (χ0n) is 10.4. The third kappa shape index (κ3) is 3.85. The molecule has 5 heteroatoms. The number of rotatable bonds is 4. The lowest BCUT2D eigenvalue weighted by Crippen LogP contribution is -2.44. The van der Waals surface area contributed by atoms with Crippen molar-refractivity contribution in [1.29, 1.82) is 0 Å². The van der Waals surface area contributed by atoms with Crippen molar-refractivity contribution in [2.24, 2.45) is 0 Å². The lowest BCUT2D eigenvalue weighted by Gasteiger charge is -2.31. The number of benzene rings is 1. The average molecular weight is 335 g/mol. The first kappa shape index (κ1) is 14.1. The molecule has 3 nitrogen and oxygen atoms in total. The first-order valence-corrected chi connectivity index (χ1v) is 7.28. The molecule has 0 saturated carbocycles. The van der Waals surface area contributed by atoms with Crippen molar-refractivity contribution in [3.05, 3.63) is 27.7 Å². The molecule has 0 radical (unpaired) electrons. The summed E-state index contributed by atoms with van der Waals surface area (Å²) >= 11 is 9.48. The summed E-state index contributed by atoms with van der Waals surface area (Å²) in [6.45, 7) is 6.44. The van der Waals surface area contributed by atoms with Gasteiger partial charge < -0.3 is 9.47 Å². The van der Waals surface area contributed by atoms with Gasteiger partial charge in [-0.25, -0.2) is 0 Å². The van der Waals surface area contributed by atoms with Crippen LogP contribution in [0.25, 0.3) is 0 Å². The van der Waals surface area contributed by atoms with E-state index in [-0.39, 0.29) is 6.10 Å². The third-order valence-corrected chi connectivity index (χ3v) is 3.79. The zero-order chi connectivity index (χ0) is 13.0. The fourth-order valence-electron chi connectivity index (χ4n) is 1.94. The molecule has 0 aromatic heterocycles. The van der Waals surface area contributed by atoms with E-state index in [1.165, 1.54) is 0 Å². The molecule has 0 amide bonds. The van der Waals surface area contributed by atoms with Crippen molar-refractivity contribution in [3.8, 4) is 5.75 Å². The van der Waals surface area contributed by atoms with Gasteiger partial charge in [0.25, 0.3) is 0 Å². The molecule has 1 fully saturated rings. The van der Waals surface area contributed by atoms with Gasteiger partial charge in [0, 0.05) is 17.6 Å². The van der Waals surface area contributed by atoms with Gasteiger partial charge in [-0.05, 0) is 24.7 Å². The summed E-state index contributed by atoms with van der Waals surface area (Å²) < 4.78 is 12.4. The summed E-state index contributed by atoms with van der Waals surface area (Å²) in [5.74, 6) is 0.697. The van der Waals surface area contributed by atoms with E-state index >= 15 is 0 Å². The van der Waals surface area contributed by atoms with E-state index < -0.39 is 0 Å². The summed E-state index contributed by atoms with van der Waals surface area (Å²) in [4.78, 5) is 2.36. The minimum absolute atomic E-state index is 0.119. The molecule has 1 aliphatic rings. The Morgan fingerprint density at radius 1 is 1.56 bits per heavy atom. The second-order valence-corrected chi connectivity index (χ2v) is 5.59.